The number of pyridine rings is 1. The Bertz CT molecular complexity index is 857. The lowest BCUT2D eigenvalue weighted by molar-refractivity contribution is -0.120. The van der Waals surface area contributed by atoms with Gasteiger partial charge in [0.05, 0.1) is 6.61 Å². The Morgan fingerprint density at radius 3 is 2.57 bits per heavy atom. The molecule has 0 fully saturated rings. The number of hydrogen-bond donors (Lipinski definition) is 1. The predicted molar refractivity (Wildman–Crippen MR) is 106 cm³/mol. The van der Waals surface area contributed by atoms with Crippen LogP contribution in [-0.2, 0) is 16.1 Å². The maximum atomic E-state index is 12.0. The lowest BCUT2D eigenvalue weighted by atomic mass is 10.3. The van der Waals surface area contributed by atoms with Gasteiger partial charge in [0.15, 0.2) is 0 Å². The smallest absolute Gasteiger partial charge is 0.250 e. The molecule has 0 aliphatic carbocycles. The molecule has 0 saturated heterocycles. The van der Waals surface area contributed by atoms with E-state index in [0.29, 0.717) is 31.3 Å². The van der Waals surface area contributed by atoms with E-state index in [-0.39, 0.29) is 12.5 Å². The Kier molecular flexibility index (Phi) is 7.40. The van der Waals surface area contributed by atoms with Gasteiger partial charge in [-0.2, -0.15) is 0 Å². The van der Waals surface area contributed by atoms with Gasteiger partial charge in [-0.05, 0) is 30.3 Å². The third kappa shape index (κ3) is 6.74. The van der Waals surface area contributed by atoms with Gasteiger partial charge < -0.3 is 19.5 Å². The van der Waals surface area contributed by atoms with E-state index in [4.69, 9.17) is 14.2 Å². The number of hydrogen-bond acceptors (Lipinski definition) is 5. The Hall–Kier alpha value is -3.38. The molecule has 0 aliphatic rings. The van der Waals surface area contributed by atoms with Crippen molar-refractivity contribution in [2.45, 2.75) is 6.61 Å². The third-order valence-electron chi connectivity index (χ3n) is 3.72. The molecule has 2 aromatic carbocycles. The maximum Gasteiger partial charge on any atom is 0.250 e. The minimum atomic E-state index is -0.232. The van der Waals surface area contributed by atoms with Crippen LogP contribution in [0.15, 0.2) is 79.1 Å². The highest BCUT2D eigenvalue weighted by atomic mass is 16.5. The van der Waals surface area contributed by atoms with Gasteiger partial charge in [-0.3, -0.25) is 9.78 Å². The number of carbonyl (C=O) groups is 1. The van der Waals surface area contributed by atoms with Gasteiger partial charge in [0.2, 0.25) is 5.91 Å². The normalized spacial score (nSPS) is 10.3. The van der Waals surface area contributed by atoms with E-state index >= 15 is 0 Å². The summed E-state index contributed by atoms with van der Waals surface area (Å²) in [6, 6.07) is 20.5. The van der Waals surface area contributed by atoms with E-state index in [1.54, 1.807) is 24.5 Å². The fourth-order valence-corrected chi connectivity index (χ4v) is 2.41. The second kappa shape index (κ2) is 10.7. The first-order valence-corrected chi connectivity index (χ1v) is 8.97. The number of amides is 1. The van der Waals surface area contributed by atoms with Gasteiger partial charge in [0, 0.05) is 29.7 Å². The largest absolute Gasteiger partial charge is 0.491 e. The molecular formula is C22H22N2O4. The average molecular weight is 378 g/mol. The van der Waals surface area contributed by atoms with Crippen LogP contribution in [0, 0.1) is 0 Å². The molecule has 0 radical (unpaired) electrons. The van der Waals surface area contributed by atoms with Crippen molar-refractivity contribution in [1.82, 2.24) is 4.98 Å². The Morgan fingerprint density at radius 2 is 1.75 bits per heavy atom. The summed E-state index contributed by atoms with van der Waals surface area (Å²) in [5, 5.41) is 2.79. The Balaban J connectivity index is 1.36. The summed E-state index contributed by atoms with van der Waals surface area (Å²) in [5.74, 6) is 1.21. The van der Waals surface area contributed by atoms with Crippen LogP contribution >= 0.6 is 0 Å². The molecule has 1 aromatic heterocycles. The van der Waals surface area contributed by atoms with Crippen LogP contribution < -0.4 is 14.8 Å². The number of nitrogens with one attached hydrogen (secondary N) is 1. The maximum absolute atomic E-state index is 12.0. The molecule has 0 unspecified atom stereocenters. The van der Waals surface area contributed by atoms with Gasteiger partial charge in [-0.15, -0.1) is 0 Å². The summed E-state index contributed by atoms with van der Waals surface area (Å²) in [4.78, 5) is 16.1. The number of aromatic nitrogens is 1. The van der Waals surface area contributed by atoms with Crippen molar-refractivity contribution in [2.24, 2.45) is 0 Å². The zero-order chi connectivity index (χ0) is 19.4. The summed E-state index contributed by atoms with van der Waals surface area (Å²) < 4.78 is 16.6. The van der Waals surface area contributed by atoms with Gasteiger partial charge in [0.1, 0.15) is 31.3 Å². The molecule has 28 heavy (non-hydrogen) atoms. The molecule has 1 N–H and O–H groups in total. The summed E-state index contributed by atoms with van der Waals surface area (Å²) >= 11 is 0. The fourth-order valence-electron chi connectivity index (χ4n) is 2.41. The van der Waals surface area contributed by atoms with Crippen LogP contribution in [0.1, 0.15) is 5.56 Å². The quantitative estimate of drug-likeness (QED) is 0.545. The first-order chi connectivity index (χ1) is 13.8. The molecule has 6 heteroatoms. The molecule has 3 rings (SSSR count). The zero-order valence-corrected chi connectivity index (χ0v) is 15.4. The molecule has 144 valence electrons. The van der Waals surface area contributed by atoms with Gasteiger partial charge in [0.25, 0.3) is 0 Å². The first-order valence-electron chi connectivity index (χ1n) is 8.97. The number of carbonyl (C=O) groups excluding carboxylic acids is 1. The number of ether oxygens (including phenoxy) is 3. The first kappa shape index (κ1) is 19.4. The summed E-state index contributed by atoms with van der Waals surface area (Å²) in [6.07, 6.45) is 3.47. The van der Waals surface area contributed by atoms with Crippen LogP contribution in [-0.4, -0.2) is 30.7 Å². The van der Waals surface area contributed by atoms with E-state index in [0.717, 1.165) is 11.3 Å². The van der Waals surface area contributed by atoms with Crippen LogP contribution in [0.4, 0.5) is 5.69 Å². The van der Waals surface area contributed by atoms with Crippen molar-refractivity contribution >= 4 is 11.6 Å². The lowest BCUT2D eigenvalue weighted by Gasteiger charge is -2.10. The number of para-hydroxylation sites is 1. The molecular weight excluding hydrogens is 356 g/mol. The van der Waals surface area contributed by atoms with E-state index in [1.807, 2.05) is 54.6 Å². The predicted octanol–water partition coefficient (Wildman–Crippen LogP) is 3.69. The summed E-state index contributed by atoms with van der Waals surface area (Å²) in [7, 11) is 0. The van der Waals surface area contributed by atoms with E-state index < -0.39 is 0 Å². The molecule has 0 saturated carbocycles. The van der Waals surface area contributed by atoms with E-state index in [1.165, 1.54) is 0 Å². The average Bonchev–Trinajstić information content (AvgIpc) is 2.74. The number of nitrogens with zero attached hydrogens (tertiary/aromatic N) is 1. The monoisotopic (exact) mass is 378 g/mol. The standard InChI is InChI=1S/C22H22N2O4/c25-22(17-26-12-13-27-20-8-2-1-3-9-20)24-19-7-4-10-21(14-19)28-16-18-6-5-11-23-15-18/h1-11,14-15H,12-13,16-17H2,(H,24,25). The van der Waals surface area contributed by atoms with Crippen molar-refractivity contribution in [1.29, 1.82) is 0 Å². The number of anilines is 1. The molecule has 0 atom stereocenters. The van der Waals surface area contributed by atoms with Gasteiger partial charge in [-0.1, -0.05) is 30.3 Å². The van der Waals surface area contributed by atoms with Crippen LogP contribution in [0.25, 0.3) is 0 Å². The molecule has 6 nitrogen and oxygen atoms in total. The highest BCUT2D eigenvalue weighted by Gasteiger charge is 2.04. The van der Waals surface area contributed by atoms with Gasteiger partial charge >= 0.3 is 0 Å². The van der Waals surface area contributed by atoms with Crippen molar-refractivity contribution in [3.05, 3.63) is 84.7 Å². The molecule has 3 aromatic rings. The molecule has 0 bridgehead atoms. The lowest BCUT2D eigenvalue weighted by Crippen LogP contribution is -2.20. The van der Waals surface area contributed by atoms with Crippen molar-refractivity contribution in [3.63, 3.8) is 0 Å². The van der Waals surface area contributed by atoms with Crippen molar-refractivity contribution < 1.29 is 19.0 Å². The van der Waals surface area contributed by atoms with Crippen molar-refractivity contribution in [3.8, 4) is 11.5 Å². The van der Waals surface area contributed by atoms with Crippen molar-refractivity contribution in [2.75, 3.05) is 25.1 Å². The number of benzene rings is 2. The highest BCUT2D eigenvalue weighted by molar-refractivity contribution is 5.91. The molecule has 1 heterocycles. The molecule has 1 amide bonds. The number of rotatable bonds is 10. The minimum absolute atomic E-state index is 0.0427. The van der Waals surface area contributed by atoms with E-state index in [9.17, 15) is 4.79 Å². The Labute approximate surface area is 164 Å². The molecule has 0 spiro atoms. The Morgan fingerprint density at radius 1 is 0.893 bits per heavy atom. The fraction of sp³-hybridized carbons (Fsp3) is 0.182. The second-order valence-electron chi connectivity index (χ2n) is 5.94. The SMILES string of the molecule is O=C(COCCOc1ccccc1)Nc1cccc(OCc2cccnc2)c1. The van der Waals surface area contributed by atoms with Crippen LogP contribution in [0.5, 0.6) is 11.5 Å². The highest BCUT2D eigenvalue weighted by Crippen LogP contribution is 2.18. The van der Waals surface area contributed by atoms with Crippen LogP contribution in [0.2, 0.25) is 0 Å². The van der Waals surface area contributed by atoms with E-state index in [2.05, 4.69) is 10.3 Å². The summed E-state index contributed by atoms with van der Waals surface area (Å²) in [5.41, 5.74) is 1.63. The second-order valence-corrected chi connectivity index (χ2v) is 5.94. The molecule has 0 aliphatic heterocycles. The minimum Gasteiger partial charge on any atom is -0.491 e. The topological polar surface area (TPSA) is 69.7 Å². The summed E-state index contributed by atoms with van der Waals surface area (Å²) in [6.45, 7) is 1.08. The van der Waals surface area contributed by atoms with Gasteiger partial charge in [-0.25, -0.2) is 0 Å². The zero-order valence-electron chi connectivity index (χ0n) is 15.4. The third-order valence-corrected chi connectivity index (χ3v) is 3.72. The van der Waals surface area contributed by atoms with Crippen LogP contribution in [0.3, 0.4) is 0 Å².